The number of halogens is 2. The normalized spacial score (nSPS) is 10.3. The third kappa shape index (κ3) is 4.75. The summed E-state index contributed by atoms with van der Waals surface area (Å²) in [7, 11) is 0. The first-order chi connectivity index (χ1) is 12.1. The number of carbonyl (C=O) groups is 1. The summed E-state index contributed by atoms with van der Waals surface area (Å²) in [5.74, 6) is 0.384. The van der Waals surface area contributed by atoms with Gasteiger partial charge < -0.3 is 10.1 Å². The minimum absolute atomic E-state index is 0.217. The first kappa shape index (κ1) is 17.3. The van der Waals surface area contributed by atoms with Crippen LogP contribution in [0, 0.1) is 0 Å². The van der Waals surface area contributed by atoms with Crippen LogP contribution < -0.4 is 10.1 Å². The van der Waals surface area contributed by atoms with E-state index < -0.39 is 0 Å². The van der Waals surface area contributed by atoms with Crippen molar-refractivity contribution < 1.29 is 9.53 Å². The highest BCUT2D eigenvalue weighted by Gasteiger charge is 2.08. The van der Waals surface area contributed by atoms with Gasteiger partial charge in [-0.1, -0.05) is 47.5 Å². The van der Waals surface area contributed by atoms with Crippen LogP contribution in [0.4, 0.5) is 5.69 Å². The van der Waals surface area contributed by atoms with Gasteiger partial charge in [-0.2, -0.15) is 0 Å². The molecule has 0 unspecified atom stereocenters. The zero-order valence-corrected chi connectivity index (χ0v) is 14.7. The maximum atomic E-state index is 12.4. The molecule has 0 saturated carbocycles. The number of nitrogens with one attached hydrogen (secondary N) is 1. The molecule has 25 heavy (non-hydrogen) atoms. The lowest BCUT2D eigenvalue weighted by Crippen LogP contribution is -2.11. The van der Waals surface area contributed by atoms with E-state index in [-0.39, 0.29) is 5.91 Å². The van der Waals surface area contributed by atoms with Gasteiger partial charge in [-0.05, 0) is 48.5 Å². The number of hydrogen-bond donors (Lipinski definition) is 1. The second kappa shape index (κ2) is 8.06. The number of anilines is 1. The van der Waals surface area contributed by atoms with Crippen molar-refractivity contribution >= 4 is 34.8 Å². The average Bonchev–Trinajstić information content (AvgIpc) is 2.63. The molecule has 0 radical (unpaired) electrons. The lowest BCUT2D eigenvalue weighted by Gasteiger charge is -2.10. The maximum absolute atomic E-state index is 12.4. The zero-order valence-electron chi connectivity index (χ0n) is 13.2. The van der Waals surface area contributed by atoms with Crippen molar-refractivity contribution in [3.8, 4) is 5.75 Å². The summed E-state index contributed by atoms with van der Waals surface area (Å²) in [6, 6.07) is 21.4. The Labute approximate surface area is 156 Å². The lowest BCUT2D eigenvalue weighted by atomic mass is 10.2. The van der Waals surface area contributed by atoms with Crippen molar-refractivity contribution in [3.05, 3.63) is 94.0 Å². The molecule has 0 fully saturated rings. The number of benzene rings is 3. The maximum Gasteiger partial charge on any atom is 0.255 e. The summed E-state index contributed by atoms with van der Waals surface area (Å²) in [6.45, 7) is 0.335. The largest absolute Gasteiger partial charge is 0.489 e. The van der Waals surface area contributed by atoms with Crippen molar-refractivity contribution in [1.82, 2.24) is 0 Å². The fourth-order valence-electron chi connectivity index (χ4n) is 2.24. The van der Waals surface area contributed by atoms with Gasteiger partial charge in [0.25, 0.3) is 5.91 Å². The summed E-state index contributed by atoms with van der Waals surface area (Å²) in [4.78, 5) is 12.4. The van der Waals surface area contributed by atoms with Gasteiger partial charge in [0.2, 0.25) is 0 Å². The summed E-state index contributed by atoms with van der Waals surface area (Å²) in [6.07, 6.45) is 0. The minimum atomic E-state index is -0.217. The Bertz CT molecular complexity index is 879. The summed E-state index contributed by atoms with van der Waals surface area (Å²) in [5.41, 5.74) is 2.07. The fourth-order valence-corrected chi connectivity index (χ4v) is 2.56. The molecule has 0 atom stereocenters. The van der Waals surface area contributed by atoms with Gasteiger partial charge in [-0.25, -0.2) is 0 Å². The molecule has 5 heteroatoms. The first-order valence-electron chi connectivity index (χ1n) is 7.65. The molecule has 0 aliphatic carbocycles. The smallest absolute Gasteiger partial charge is 0.255 e. The molecule has 0 heterocycles. The van der Waals surface area contributed by atoms with Gasteiger partial charge in [-0.3, -0.25) is 4.79 Å². The van der Waals surface area contributed by atoms with Crippen LogP contribution in [0.5, 0.6) is 5.75 Å². The van der Waals surface area contributed by atoms with Crippen molar-refractivity contribution in [2.45, 2.75) is 6.61 Å². The molecule has 0 aliphatic rings. The van der Waals surface area contributed by atoms with E-state index in [1.165, 1.54) is 0 Å². The fraction of sp³-hybridized carbons (Fsp3) is 0.0500. The van der Waals surface area contributed by atoms with Gasteiger partial charge in [0.05, 0.1) is 0 Å². The second-order valence-electron chi connectivity index (χ2n) is 5.37. The van der Waals surface area contributed by atoms with Crippen molar-refractivity contribution in [3.63, 3.8) is 0 Å². The van der Waals surface area contributed by atoms with E-state index in [2.05, 4.69) is 5.32 Å². The lowest BCUT2D eigenvalue weighted by molar-refractivity contribution is 0.102. The van der Waals surface area contributed by atoms with Crippen LogP contribution in [0.15, 0.2) is 72.8 Å². The standard InChI is InChI=1S/C20H15Cl2NO2/c21-16-8-10-17(11-9-16)23-20(24)14-5-3-6-18(12-14)25-13-15-4-1-2-7-19(15)22/h1-12H,13H2,(H,23,24). The summed E-state index contributed by atoms with van der Waals surface area (Å²) < 4.78 is 5.75. The highest BCUT2D eigenvalue weighted by Crippen LogP contribution is 2.20. The van der Waals surface area contributed by atoms with Crippen molar-refractivity contribution in [2.24, 2.45) is 0 Å². The number of hydrogen-bond acceptors (Lipinski definition) is 2. The van der Waals surface area contributed by atoms with E-state index in [1.807, 2.05) is 24.3 Å². The topological polar surface area (TPSA) is 38.3 Å². The highest BCUT2D eigenvalue weighted by atomic mass is 35.5. The Morgan fingerprint density at radius 2 is 1.68 bits per heavy atom. The van der Waals surface area contributed by atoms with E-state index in [0.717, 1.165) is 5.56 Å². The Balaban J connectivity index is 1.67. The molecule has 0 spiro atoms. The van der Waals surface area contributed by atoms with E-state index in [0.29, 0.717) is 33.7 Å². The Morgan fingerprint density at radius 3 is 2.44 bits per heavy atom. The molecular weight excluding hydrogens is 357 g/mol. The predicted molar refractivity (Wildman–Crippen MR) is 102 cm³/mol. The van der Waals surface area contributed by atoms with Crippen LogP contribution in [0.3, 0.4) is 0 Å². The number of rotatable bonds is 5. The van der Waals surface area contributed by atoms with Gasteiger partial charge in [0, 0.05) is 26.9 Å². The van der Waals surface area contributed by atoms with Crippen LogP contribution >= 0.6 is 23.2 Å². The van der Waals surface area contributed by atoms with Gasteiger partial charge in [-0.15, -0.1) is 0 Å². The first-order valence-corrected chi connectivity index (χ1v) is 8.40. The Morgan fingerprint density at radius 1 is 0.920 bits per heavy atom. The van der Waals surface area contributed by atoms with Crippen molar-refractivity contribution in [2.75, 3.05) is 5.32 Å². The van der Waals surface area contributed by atoms with Gasteiger partial charge in [0.15, 0.2) is 0 Å². The molecule has 3 aromatic rings. The third-order valence-corrected chi connectivity index (χ3v) is 4.17. The minimum Gasteiger partial charge on any atom is -0.489 e. The highest BCUT2D eigenvalue weighted by molar-refractivity contribution is 6.31. The van der Waals surface area contributed by atoms with Crippen LogP contribution in [-0.2, 0) is 6.61 Å². The average molecular weight is 372 g/mol. The molecule has 0 aromatic heterocycles. The monoisotopic (exact) mass is 371 g/mol. The van der Waals surface area contributed by atoms with E-state index in [4.69, 9.17) is 27.9 Å². The second-order valence-corrected chi connectivity index (χ2v) is 6.21. The third-order valence-electron chi connectivity index (χ3n) is 3.55. The molecule has 3 rings (SSSR count). The Hall–Kier alpha value is -2.49. The molecule has 0 aliphatic heterocycles. The Kier molecular flexibility index (Phi) is 5.59. The zero-order chi connectivity index (χ0) is 17.6. The molecule has 0 bridgehead atoms. The summed E-state index contributed by atoms with van der Waals surface area (Å²) >= 11 is 12.0. The quantitative estimate of drug-likeness (QED) is 0.612. The number of carbonyl (C=O) groups excluding carboxylic acids is 1. The molecule has 3 nitrogen and oxygen atoms in total. The molecule has 126 valence electrons. The van der Waals surface area contributed by atoms with Crippen LogP contribution in [0.25, 0.3) is 0 Å². The summed E-state index contributed by atoms with van der Waals surface area (Å²) in [5, 5.41) is 4.09. The van der Waals surface area contributed by atoms with Crippen molar-refractivity contribution in [1.29, 1.82) is 0 Å². The molecule has 3 aromatic carbocycles. The predicted octanol–water partition coefficient (Wildman–Crippen LogP) is 5.82. The molecule has 1 amide bonds. The number of amides is 1. The van der Waals surface area contributed by atoms with E-state index in [1.54, 1.807) is 48.5 Å². The molecule has 1 N–H and O–H groups in total. The SMILES string of the molecule is O=C(Nc1ccc(Cl)cc1)c1cccc(OCc2ccccc2Cl)c1. The molecule has 0 saturated heterocycles. The number of ether oxygens (including phenoxy) is 1. The van der Waals surface area contributed by atoms with E-state index >= 15 is 0 Å². The van der Waals surface area contributed by atoms with E-state index in [9.17, 15) is 4.79 Å². The molecular formula is C20H15Cl2NO2. The van der Waals surface area contributed by atoms with Gasteiger partial charge in [0.1, 0.15) is 12.4 Å². The van der Waals surface area contributed by atoms with Gasteiger partial charge >= 0.3 is 0 Å². The van der Waals surface area contributed by atoms with Crippen LogP contribution in [0.2, 0.25) is 10.0 Å². The van der Waals surface area contributed by atoms with Crippen LogP contribution in [-0.4, -0.2) is 5.91 Å². The van der Waals surface area contributed by atoms with Crippen LogP contribution in [0.1, 0.15) is 15.9 Å².